The van der Waals surface area contributed by atoms with Gasteiger partial charge in [0.15, 0.2) is 5.16 Å². The Bertz CT molecular complexity index is 941. The van der Waals surface area contributed by atoms with Crippen molar-refractivity contribution < 1.29 is 13.6 Å². The van der Waals surface area contributed by atoms with Crippen molar-refractivity contribution in [3.05, 3.63) is 54.1 Å². The summed E-state index contributed by atoms with van der Waals surface area (Å²) in [5.74, 6) is -0.0208. The molecule has 4 nitrogen and oxygen atoms in total. The average Bonchev–Trinajstić information content (AvgIpc) is 3.20. The van der Waals surface area contributed by atoms with Crippen molar-refractivity contribution in [1.29, 1.82) is 0 Å². The summed E-state index contributed by atoms with van der Waals surface area (Å²) in [6.07, 6.45) is 0.822. The molecule has 1 aliphatic rings. The second kappa shape index (κ2) is 6.48. The third-order valence-corrected chi connectivity index (χ3v) is 5.21. The number of hydrogen-bond donors (Lipinski definition) is 0. The summed E-state index contributed by atoms with van der Waals surface area (Å²) in [5, 5.41) is 0.164. The summed E-state index contributed by atoms with van der Waals surface area (Å²) in [5.41, 5.74) is 2.93. The molecule has 3 aromatic rings. The quantitative estimate of drug-likeness (QED) is 0.658. The Kier molecular flexibility index (Phi) is 4.17. The summed E-state index contributed by atoms with van der Waals surface area (Å²) in [7, 11) is 0. The molecule has 2 heterocycles. The molecule has 1 aromatic heterocycles. The van der Waals surface area contributed by atoms with E-state index in [2.05, 4.69) is 4.98 Å². The molecule has 0 bridgehead atoms. The van der Waals surface area contributed by atoms with Crippen molar-refractivity contribution in [3.63, 3.8) is 0 Å². The predicted molar refractivity (Wildman–Crippen MR) is 94.2 cm³/mol. The van der Waals surface area contributed by atoms with Crippen LogP contribution in [0.2, 0.25) is 0 Å². The Hall–Kier alpha value is -2.41. The van der Waals surface area contributed by atoms with E-state index in [-0.39, 0.29) is 16.8 Å². The van der Waals surface area contributed by atoms with Crippen LogP contribution < -0.4 is 4.90 Å². The standard InChI is InChI=1S/C18H15F2N3OS/c19-17(20)23-15-8-4-2-6-13(15)21-18(23)25-11-16(24)22-10-9-12-5-1-3-7-14(12)22/h1-8,17H,9-11H2. The zero-order valence-electron chi connectivity index (χ0n) is 13.2. The van der Waals surface area contributed by atoms with Crippen LogP contribution in [0.5, 0.6) is 0 Å². The molecule has 0 spiro atoms. The first-order valence-corrected chi connectivity index (χ1v) is 8.90. The van der Waals surface area contributed by atoms with E-state index in [4.69, 9.17) is 0 Å². The van der Waals surface area contributed by atoms with E-state index < -0.39 is 6.55 Å². The molecule has 0 atom stereocenters. The Morgan fingerprint density at radius 1 is 1.16 bits per heavy atom. The maximum atomic E-state index is 13.4. The predicted octanol–water partition coefficient (Wildman–Crippen LogP) is 4.11. The maximum absolute atomic E-state index is 13.4. The van der Waals surface area contributed by atoms with E-state index in [0.717, 1.165) is 34.0 Å². The highest BCUT2D eigenvalue weighted by Crippen LogP contribution is 2.31. The molecule has 0 fully saturated rings. The molecule has 4 rings (SSSR count). The smallest absolute Gasteiger partial charge is 0.311 e. The number of alkyl halides is 2. The highest BCUT2D eigenvalue weighted by Gasteiger charge is 2.25. The Morgan fingerprint density at radius 3 is 2.76 bits per heavy atom. The molecule has 0 saturated heterocycles. The molecule has 2 aromatic carbocycles. The van der Waals surface area contributed by atoms with Crippen molar-refractivity contribution >= 4 is 34.4 Å². The number of thioether (sulfide) groups is 1. The van der Waals surface area contributed by atoms with Crippen LogP contribution in [0.1, 0.15) is 12.1 Å². The number of anilines is 1. The van der Waals surface area contributed by atoms with Crippen LogP contribution in [0.25, 0.3) is 11.0 Å². The van der Waals surface area contributed by atoms with Crippen LogP contribution in [-0.4, -0.2) is 27.8 Å². The lowest BCUT2D eigenvalue weighted by Gasteiger charge is -2.17. The summed E-state index contributed by atoms with van der Waals surface area (Å²) in [6.45, 7) is -2.07. The number of benzene rings is 2. The summed E-state index contributed by atoms with van der Waals surface area (Å²) in [4.78, 5) is 18.5. The third-order valence-electron chi connectivity index (χ3n) is 4.27. The van der Waals surface area contributed by atoms with Crippen LogP contribution in [0, 0.1) is 0 Å². The SMILES string of the molecule is O=C(CSc1nc2ccccc2n1C(F)F)N1CCc2ccccc21. The van der Waals surface area contributed by atoms with Gasteiger partial charge in [-0.3, -0.25) is 9.36 Å². The van der Waals surface area contributed by atoms with Crippen LogP contribution in [0.3, 0.4) is 0 Å². The molecule has 0 N–H and O–H groups in total. The summed E-state index contributed by atoms with van der Waals surface area (Å²) < 4.78 is 27.7. The van der Waals surface area contributed by atoms with E-state index in [0.29, 0.717) is 17.6 Å². The second-order valence-electron chi connectivity index (χ2n) is 5.74. The fraction of sp³-hybridized carbons (Fsp3) is 0.222. The van der Waals surface area contributed by atoms with Crippen LogP contribution in [0.15, 0.2) is 53.7 Å². The minimum absolute atomic E-state index is 0.0738. The van der Waals surface area contributed by atoms with Gasteiger partial charge in [-0.25, -0.2) is 4.98 Å². The molecule has 128 valence electrons. The normalized spacial score (nSPS) is 13.6. The van der Waals surface area contributed by atoms with Crippen LogP contribution in [0.4, 0.5) is 14.5 Å². The van der Waals surface area contributed by atoms with Gasteiger partial charge < -0.3 is 4.90 Å². The fourth-order valence-electron chi connectivity index (χ4n) is 3.11. The Balaban J connectivity index is 1.55. The molecular weight excluding hydrogens is 344 g/mol. The number of carbonyl (C=O) groups excluding carboxylic acids is 1. The van der Waals surface area contributed by atoms with E-state index in [1.165, 1.54) is 0 Å². The molecular formula is C18H15F2N3OS. The lowest BCUT2D eigenvalue weighted by Crippen LogP contribution is -2.30. The lowest BCUT2D eigenvalue weighted by atomic mass is 10.2. The van der Waals surface area contributed by atoms with Gasteiger partial charge in [0.2, 0.25) is 5.91 Å². The molecule has 1 aliphatic heterocycles. The van der Waals surface area contributed by atoms with Gasteiger partial charge in [-0.05, 0) is 30.2 Å². The van der Waals surface area contributed by atoms with Gasteiger partial charge in [-0.2, -0.15) is 8.78 Å². The van der Waals surface area contributed by atoms with Gasteiger partial charge >= 0.3 is 6.55 Å². The van der Waals surface area contributed by atoms with Crippen molar-refractivity contribution in [2.75, 3.05) is 17.2 Å². The number of nitrogens with zero attached hydrogens (tertiary/aromatic N) is 3. The van der Waals surface area contributed by atoms with Crippen molar-refractivity contribution in [1.82, 2.24) is 9.55 Å². The average molecular weight is 359 g/mol. The molecule has 25 heavy (non-hydrogen) atoms. The monoisotopic (exact) mass is 359 g/mol. The van der Waals surface area contributed by atoms with Gasteiger partial charge in [-0.15, -0.1) is 0 Å². The van der Waals surface area contributed by atoms with E-state index in [9.17, 15) is 13.6 Å². The van der Waals surface area contributed by atoms with E-state index >= 15 is 0 Å². The van der Waals surface area contributed by atoms with Crippen molar-refractivity contribution in [2.45, 2.75) is 18.1 Å². The van der Waals surface area contributed by atoms with E-state index in [1.807, 2.05) is 24.3 Å². The fourth-order valence-corrected chi connectivity index (χ4v) is 4.00. The number of fused-ring (bicyclic) bond motifs is 2. The number of halogens is 2. The summed E-state index contributed by atoms with van der Waals surface area (Å²) in [6, 6.07) is 14.5. The minimum Gasteiger partial charge on any atom is -0.311 e. The molecule has 0 unspecified atom stereocenters. The number of para-hydroxylation sites is 3. The van der Waals surface area contributed by atoms with Gasteiger partial charge in [-0.1, -0.05) is 42.1 Å². The van der Waals surface area contributed by atoms with Gasteiger partial charge in [0.1, 0.15) is 0 Å². The maximum Gasteiger partial charge on any atom is 0.321 e. The molecule has 0 saturated carbocycles. The topological polar surface area (TPSA) is 38.1 Å². The highest BCUT2D eigenvalue weighted by molar-refractivity contribution is 7.99. The van der Waals surface area contributed by atoms with Crippen molar-refractivity contribution in [2.24, 2.45) is 0 Å². The number of carbonyl (C=O) groups is 1. The third kappa shape index (κ3) is 2.89. The first kappa shape index (κ1) is 16.1. The highest BCUT2D eigenvalue weighted by atomic mass is 32.2. The lowest BCUT2D eigenvalue weighted by molar-refractivity contribution is -0.116. The zero-order valence-corrected chi connectivity index (χ0v) is 14.0. The minimum atomic E-state index is -2.70. The Morgan fingerprint density at radius 2 is 1.92 bits per heavy atom. The number of imidazole rings is 1. The zero-order chi connectivity index (χ0) is 17.4. The van der Waals surface area contributed by atoms with Gasteiger partial charge in [0.05, 0.1) is 16.8 Å². The molecule has 0 radical (unpaired) electrons. The largest absolute Gasteiger partial charge is 0.321 e. The van der Waals surface area contributed by atoms with Crippen LogP contribution in [-0.2, 0) is 11.2 Å². The number of hydrogen-bond acceptors (Lipinski definition) is 3. The number of amides is 1. The van der Waals surface area contributed by atoms with Crippen LogP contribution >= 0.6 is 11.8 Å². The molecule has 0 aliphatic carbocycles. The van der Waals surface area contributed by atoms with E-state index in [1.54, 1.807) is 29.2 Å². The summed E-state index contributed by atoms with van der Waals surface area (Å²) >= 11 is 1.05. The molecule has 1 amide bonds. The Labute approximate surface area is 147 Å². The van der Waals surface area contributed by atoms with Crippen molar-refractivity contribution in [3.8, 4) is 0 Å². The van der Waals surface area contributed by atoms with Gasteiger partial charge in [0, 0.05) is 12.2 Å². The first-order valence-electron chi connectivity index (χ1n) is 7.91. The first-order chi connectivity index (χ1) is 12.1. The molecule has 7 heteroatoms. The number of rotatable bonds is 4. The van der Waals surface area contributed by atoms with Gasteiger partial charge in [0.25, 0.3) is 0 Å². The number of aromatic nitrogens is 2. The second-order valence-corrected chi connectivity index (χ2v) is 6.69.